The summed E-state index contributed by atoms with van der Waals surface area (Å²) in [6.07, 6.45) is -6.41. The largest absolute Gasteiger partial charge is 0.573 e. The van der Waals surface area contributed by atoms with Crippen LogP contribution in [0.15, 0.2) is 54.6 Å². The molecule has 0 aliphatic heterocycles. The molecular weight excluding hydrogens is 415 g/mol. The first kappa shape index (κ1) is 24.5. The predicted octanol–water partition coefficient (Wildman–Crippen LogP) is 4.93. The van der Waals surface area contributed by atoms with E-state index in [1.807, 2.05) is 30.3 Å². The van der Waals surface area contributed by atoms with Gasteiger partial charge in [0.25, 0.3) is 0 Å². The van der Waals surface area contributed by atoms with Crippen LogP contribution in [0.3, 0.4) is 0 Å². The molecule has 2 rings (SSSR count). The second-order valence-corrected chi connectivity index (χ2v) is 7.55. The van der Waals surface area contributed by atoms with Gasteiger partial charge in [-0.3, -0.25) is 5.32 Å². The molecule has 2 aromatic rings. The number of benzene rings is 2. The Hall–Kier alpha value is -2.78. The Morgan fingerprint density at radius 3 is 2.26 bits per heavy atom. The zero-order valence-electron chi connectivity index (χ0n) is 17.5. The van der Waals surface area contributed by atoms with Crippen LogP contribution in [-0.4, -0.2) is 29.9 Å². The molecule has 170 valence electrons. The molecule has 0 aromatic heterocycles. The quantitative estimate of drug-likeness (QED) is 0.540. The molecular formula is C22H26F3NO5. The fraction of sp³-hybridized carbons (Fsp3) is 0.409. The molecule has 1 amide bonds. The summed E-state index contributed by atoms with van der Waals surface area (Å²) in [5, 5.41) is 13.0. The number of ether oxygens (including phenoxy) is 3. The molecule has 0 radical (unpaired) electrons. The van der Waals surface area contributed by atoms with Crippen LogP contribution in [-0.2, 0) is 16.1 Å². The van der Waals surface area contributed by atoms with Crippen LogP contribution in [0, 0.1) is 5.92 Å². The summed E-state index contributed by atoms with van der Waals surface area (Å²) in [5.74, 6) is -0.775. The van der Waals surface area contributed by atoms with Crippen LogP contribution in [0.4, 0.5) is 18.0 Å². The minimum Gasteiger partial charge on any atom is -0.445 e. The van der Waals surface area contributed by atoms with Crippen molar-refractivity contribution in [2.45, 2.75) is 45.6 Å². The van der Waals surface area contributed by atoms with Gasteiger partial charge in [0.05, 0.1) is 12.7 Å². The average molecular weight is 441 g/mol. The molecule has 2 aromatic carbocycles. The molecule has 2 atom stereocenters. The number of hydrogen-bond donors (Lipinski definition) is 2. The molecule has 0 spiro atoms. The topological polar surface area (TPSA) is 77.0 Å². The van der Waals surface area contributed by atoms with Gasteiger partial charge in [-0.25, -0.2) is 4.79 Å². The lowest BCUT2D eigenvalue weighted by Gasteiger charge is -2.29. The number of carbonyl (C=O) groups excluding carboxylic acids is 1. The first-order chi connectivity index (χ1) is 14.5. The lowest BCUT2D eigenvalue weighted by molar-refractivity contribution is -0.274. The Morgan fingerprint density at radius 1 is 1.06 bits per heavy atom. The van der Waals surface area contributed by atoms with Gasteiger partial charge in [-0.05, 0) is 37.1 Å². The van der Waals surface area contributed by atoms with Crippen LogP contribution >= 0.6 is 0 Å². The second kappa shape index (κ2) is 10.5. The maximum atomic E-state index is 12.2. The fourth-order valence-electron chi connectivity index (χ4n) is 2.67. The van der Waals surface area contributed by atoms with E-state index in [0.717, 1.165) is 17.7 Å². The van der Waals surface area contributed by atoms with E-state index < -0.39 is 30.2 Å². The van der Waals surface area contributed by atoms with Gasteiger partial charge < -0.3 is 19.3 Å². The molecule has 0 fully saturated rings. The standard InChI is InChI=1S/C22H26F3NO5/c1-15(19(27)17-9-11-18(12-10-17)31-22(23,24)25)13-30-21(2,3)26-20(28)29-14-16-7-5-4-6-8-16/h4-12,15,19,27H,13-14H2,1-3H3,(H,26,28)/t15-,19?/m1/s1. The fourth-order valence-corrected chi connectivity index (χ4v) is 2.67. The summed E-state index contributed by atoms with van der Waals surface area (Å²) < 4.78 is 51.4. The smallest absolute Gasteiger partial charge is 0.445 e. The number of hydrogen-bond acceptors (Lipinski definition) is 5. The van der Waals surface area contributed by atoms with Crippen molar-refractivity contribution in [2.75, 3.05) is 6.61 Å². The number of aliphatic hydroxyl groups is 1. The zero-order chi connectivity index (χ0) is 23.1. The van der Waals surface area contributed by atoms with Crippen LogP contribution in [0.2, 0.25) is 0 Å². The zero-order valence-corrected chi connectivity index (χ0v) is 17.5. The van der Waals surface area contributed by atoms with Crippen molar-refractivity contribution in [1.29, 1.82) is 0 Å². The highest BCUT2D eigenvalue weighted by molar-refractivity contribution is 5.67. The van der Waals surface area contributed by atoms with E-state index >= 15 is 0 Å². The summed E-state index contributed by atoms with van der Waals surface area (Å²) in [6, 6.07) is 14.2. The third-order valence-electron chi connectivity index (χ3n) is 4.32. The van der Waals surface area contributed by atoms with Crippen LogP contribution in [0.5, 0.6) is 5.75 Å². The molecule has 0 aliphatic carbocycles. The van der Waals surface area contributed by atoms with Crippen molar-refractivity contribution in [3.63, 3.8) is 0 Å². The maximum absolute atomic E-state index is 12.2. The number of alkyl carbamates (subject to hydrolysis) is 1. The number of alkyl halides is 3. The van der Waals surface area contributed by atoms with Gasteiger partial charge in [-0.1, -0.05) is 49.4 Å². The summed E-state index contributed by atoms with van der Waals surface area (Å²) in [4.78, 5) is 12.0. The molecule has 31 heavy (non-hydrogen) atoms. The van der Waals surface area contributed by atoms with E-state index in [1.54, 1.807) is 20.8 Å². The van der Waals surface area contributed by atoms with Gasteiger partial charge in [-0.15, -0.1) is 13.2 Å². The van der Waals surface area contributed by atoms with Gasteiger partial charge in [-0.2, -0.15) is 0 Å². The van der Waals surface area contributed by atoms with Crippen molar-refractivity contribution in [1.82, 2.24) is 5.32 Å². The number of amides is 1. The summed E-state index contributed by atoms with van der Waals surface area (Å²) >= 11 is 0. The minimum atomic E-state index is -4.78. The number of aliphatic hydroxyl groups excluding tert-OH is 1. The molecule has 0 bridgehead atoms. The Bertz CT molecular complexity index is 825. The van der Waals surface area contributed by atoms with Crippen molar-refractivity contribution in [2.24, 2.45) is 5.92 Å². The number of rotatable bonds is 9. The van der Waals surface area contributed by atoms with E-state index in [2.05, 4.69) is 10.1 Å². The third kappa shape index (κ3) is 8.85. The highest BCUT2D eigenvalue weighted by Crippen LogP contribution is 2.27. The monoisotopic (exact) mass is 441 g/mol. The lowest BCUT2D eigenvalue weighted by atomic mass is 9.98. The van der Waals surface area contributed by atoms with Crippen LogP contribution < -0.4 is 10.1 Å². The molecule has 9 heteroatoms. The summed E-state index contributed by atoms with van der Waals surface area (Å²) in [6.45, 7) is 5.19. The van der Waals surface area contributed by atoms with Gasteiger partial charge in [0.15, 0.2) is 0 Å². The van der Waals surface area contributed by atoms with Crippen molar-refractivity contribution in [3.8, 4) is 5.75 Å². The minimum absolute atomic E-state index is 0.0773. The Balaban J connectivity index is 1.81. The van der Waals surface area contributed by atoms with Crippen molar-refractivity contribution in [3.05, 3.63) is 65.7 Å². The Labute approximate surface area is 178 Å². The van der Waals surface area contributed by atoms with Crippen molar-refractivity contribution >= 4 is 6.09 Å². The summed E-state index contributed by atoms with van der Waals surface area (Å²) in [7, 11) is 0. The molecule has 0 saturated carbocycles. The highest BCUT2D eigenvalue weighted by atomic mass is 19.4. The molecule has 0 heterocycles. The van der Waals surface area contributed by atoms with E-state index in [9.17, 15) is 23.1 Å². The Morgan fingerprint density at radius 2 is 1.68 bits per heavy atom. The highest BCUT2D eigenvalue weighted by Gasteiger charge is 2.31. The lowest BCUT2D eigenvalue weighted by Crippen LogP contribution is -2.46. The SMILES string of the molecule is C[C@H](COC(C)(C)NC(=O)OCc1ccccc1)C(O)c1ccc(OC(F)(F)F)cc1. The molecule has 0 aliphatic rings. The maximum Gasteiger partial charge on any atom is 0.573 e. The number of nitrogens with one attached hydrogen (secondary N) is 1. The van der Waals surface area contributed by atoms with Crippen molar-refractivity contribution < 1.29 is 37.3 Å². The number of halogens is 3. The number of carbonyl (C=O) groups is 1. The summed E-state index contributed by atoms with van der Waals surface area (Å²) in [5.41, 5.74) is 0.199. The van der Waals surface area contributed by atoms with E-state index in [4.69, 9.17) is 9.47 Å². The van der Waals surface area contributed by atoms with Crippen LogP contribution in [0.25, 0.3) is 0 Å². The van der Waals surface area contributed by atoms with Gasteiger partial charge in [0, 0.05) is 5.92 Å². The van der Waals surface area contributed by atoms with E-state index in [1.165, 1.54) is 12.1 Å². The molecule has 1 unspecified atom stereocenters. The second-order valence-electron chi connectivity index (χ2n) is 7.55. The van der Waals surface area contributed by atoms with Gasteiger partial charge >= 0.3 is 12.5 Å². The normalized spacial score (nSPS) is 13.9. The third-order valence-corrected chi connectivity index (χ3v) is 4.32. The first-order valence-corrected chi connectivity index (χ1v) is 9.62. The molecule has 2 N–H and O–H groups in total. The van der Waals surface area contributed by atoms with E-state index in [-0.39, 0.29) is 19.0 Å². The Kier molecular flexibility index (Phi) is 8.29. The molecule has 0 saturated heterocycles. The van der Waals surface area contributed by atoms with Crippen LogP contribution in [0.1, 0.15) is 38.0 Å². The predicted molar refractivity (Wildman–Crippen MR) is 107 cm³/mol. The average Bonchev–Trinajstić information content (AvgIpc) is 2.70. The van der Waals surface area contributed by atoms with Gasteiger partial charge in [0.1, 0.15) is 18.1 Å². The van der Waals surface area contributed by atoms with Gasteiger partial charge in [0.2, 0.25) is 0 Å². The first-order valence-electron chi connectivity index (χ1n) is 9.62. The molecule has 6 nitrogen and oxygen atoms in total. The van der Waals surface area contributed by atoms with E-state index in [0.29, 0.717) is 5.56 Å².